The highest BCUT2D eigenvalue weighted by Gasteiger charge is 2.43. The Kier molecular flexibility index (Phi) is 4.69. The van der Waals surface area contributed by atoms with Gasteiger partial charge in [-0.1, -0.05) is 12.5 Å². The van der Waals surface area contributed by atoms with E-state index in [0.717, 1.165) is 19.3 Å². The van der Waals surface area contributed by atoms with Gasteiger partial charge < -0.3 is 15.2 Å². The molecule has 0 aliphatic heterocycles. The van der Waals surface area contributed by atoms with Gasteiger partial charge in [0.05, 0.1) is 12.0 Å². The predicted octanol–water partition coefficient (Wildman–Crippen LogP) is 0.949. The van der Waals surface area contributed by atoms with Crippen molar-refractivity contribution in [3.63, 3.8) is 0 Å². The van der Waals surface area contributed by atoms with Crippen molar-refractivity contribution in [1.82, 2.24) is 5.32 Å². The first-order valence-electron chi connectivity index (χ1n) is 5.69. The third kappa shape index (κ3) is 3.06. The van der Waals surface area contributed by atoms with E-state index in [9.17, 15) is 9.59 Å². The van der Waals surface area contributed by atoms with Crippen LogP contribution in [0.3, 0.4) is 0 Å². The fraction of sp³-hybridized carbons (Fsp3) is 0.667. The largest absolute Gasteiger partial charge is 0.480 e. The van der Waals surface area contributed by atoms with E-state index in [4.69, 9.17) is 9.84 Å². The summed E-state index contributed by atoms with van der Waals surface area (Å²) >= 11 is 0. The summed E-state index contributed by atoms with van der Waals surface area (Å²) in [6.45, 7) is 3.62. The molecule has 0 spiro atoms. The van der Waals surface area contributed by atoms with Gasteiger partial charge in [0.2, 0.25) is 5.91 Å². The summed E-state index contributed by atoms with van der Waals surface area (Å²) in [6.07, 6.45) is 4.90. The number of amides is 1. The Morgan fingerprint density at radius 3 is 2.59 bits per heavy atom. The smallest absolute Gasteiger partial charge is 0.328 e. The van der Waals surface area contributed by atoms with Crippen molar-refractivity contribution in [3.8, 4) is 0 Å². The standard InChI is InChI=1S/C12H19NO4/c1-3-5-12(6-4-7-12)11(16)13-9(8-17-2)10(14)15/h3,9H,1,4-8H2,2H3,(H,13,16)(H,14,15). The molecule has 1 unspecified atom stereocenters. The number of hydrogen-bond acceptors (Lipinski definition) is 3. The lowest BCUT2D eigenvalue weighted by Gasteiger charge is -2.40. The van der Waals surface area contributed by atoms with E-state index in [0.29, 0.717) is 6.42 Å². The molecule has 1 saturated carbocycles. The first-order chi connectivity index (χ1) is 8.05. The highest BCUT2D eigenvalue weighted by Crippen LogP contribution is 2.44. The van der Waals surface area contributed by atoms with Crippen LogP contribution in [0.1, 0.15) is 25.7 Å². The third-order valence-corrected chi connectivity index (χ3v) is 3.26. The molecule has 96 valence electrons. The Bertz CT molecular complexity index is 310. The number of methoxy groups -OCH3 is 1. The summed E-state index contributed by atoms with van der Waals surface area (Å²) < 4.78 is 4.77. The van der Waals surface area contributed by atoms with Crippen LogP contribution in [-0.2, 0) is 14.3 Å². The van der Waals surface area contributed by atoms with Crippen LogP contribution in [-0.4, -0.2) is 36.7 Å². The molecule has 1 atom stereocenters. The number of carbonyl (C=O) groups excluding carboxylic acids is 1. The average Bonchev–Trinajstić information content (AvgIpc) is 2.22. The van der Waals surface area contributed by atoms with Crippen LogP contribution < -0.4 is 5.32 Å². The van der Waals surface area contributed by atoms with Gasteiger partial charge in [-0.15, -0.1) is 6.58 Å². The molecule has 1 amide bonds. The van der Waals surface area contributed by atoms with Gasteiger partial charge in [-0.25, -0.2) is 4.79 Å². The van der Waals surface area contributed by atoms with Crippen molar-refractivity contribution >= 4 is 11.9 Å². The third-order valence-electron chi connectivity index (χ3n) is 3.26. The van der Waals surface area contributed by atoms with Gasteiger partial charge in [-0.2, -0.15) is 0 Å². The van der Waals surface area contributed by atoms with Crippen molar-refractivity contribution in [2.75, 3.05) is 13.7 Å². The number of carboxylic acids is 1. The molecule has 1 aliphatic rings. The van der Waals surface area contributed by atoms with Crippen LogP contribution >= 0.6 is 0 Å². The Morgan fingerprint density at radius 2 is 2.24 bits per heavy atom. The van der Waals surface area contributed by atoms with Crippen molar-refractivity contribution in [2.45, 2.75) is 31.7 Å². The SMILES string of the molecule is C=CCC1(C(=O)NC(COC)C(=O)O)CCC1. The molecule has 0 radical (unpaired) electrons. The second kappa shape index (κ2) is 5.82. The molecule has 5 heteroatoms. The summed E-state index contributed by atoms with van der Waals surface area (Å²) in [6, 6.07) is -0.977. The summed E-state index contributed by atoms with van der Waals surface area (Å²) in [5.74, 6) is -1.28. The van der Waals surface area contributed by atoms with Gasteiger partial charge in [0, 0.05) is 7.11 Å². The van der Waals surface area contributed by atoms with Gasteiger partial charge in [-0.3, -0.25) is 4.79 Å². The summed E-state index contributed by atoms with van der Waals surface area (Å²) in [5, 5.41) is 11.5. The maximum atomic E-state index is 12.0. The molecular formula is C12H19NO4. The zero-order chi connectivity index (χ0) is 12.9. The van der Waals surface area contributed by atoms with Crippen molar-refractivity contribution < 1.29 is 19.4 Å². The normalized spacial score (nSPS) is 18.9. The lowest BCUT2D eigenvalue weighted by Crippen LogP contribution is -2.52. The number of aliphatic carboxylic acids is 1. The van der Waals surface area contributed by atoms with Crippen molar-refractivity contribution in [3.05, 3.63) is 12.7 Å². The summed E-state index contributed by atoms with van der Waals surface area (Å²) in [4.78, 5) is 23.0. The molecule has 0 heterocycles. The first-order valence-corrected chi connectivity index (χ1v) is 5.69. The molecular weight excluding hydrogens is 222 g/mol. The van der Waals surface area contributed by atoms with Gasteiger partial charge in [0.15, 0.2) is 6.04 Å². The number of nitrogens with one attached hydrogen (secondary N) is 1. The van der Waals surface area contributed by atoms with Crippen molar-refractivity contribution in [2.24, 2.45) is 5.41 Å². The van der Waals surface area contributed by atoms with Crippen LogP contribution in [0.15, 0.2) is 12.7 Å². The number of carbonyl (C=O) groups is 2. The highest BCUT2D eigenvalue weighted by molar-refractivity contribution is 5.88. The van der Waals surface area contributed by atoms with Gasteiger partial charge in [0.1, 0.15) is 0 Å². The zero-order valence-corrected chi connectivity index (χ0v) is 10.1. The van der Waals surface area contributed by atoms with E-state index in [1.165, 1.54) is 7.11 Å². The molecule has 1 aliphatic carbocycles. The van der Waals surface area contributed by atoms with E-state index in [-0.39, 0.29) is 12.5 Å². The Hall–Kier alpha value is -1.36. The minimum Gasteiger partial charge on any atom is -0.480 e. The fourth-order valence-electron chi connectivity index (χ4n) is 2.06. The zero-order valence-electron chi connectivity index (χ0n) is 10.1. The maximum Gasteiger partial charge on any atom is 0.328 e. The van der Waals surface area contributed by atoms with Crippen LogP contribution in [0.2, 0.25) is 0 Å². The lowest BCUT2D eigenvalue weighted by atomic mass is 9.66. The van der Waals surface area contributed by atoms with Gasteiger partial charge in [-0.05, 0) is 19.3 Å². The van der Waals surface area contributed by atoms with E-state index >= 15 is 0 Å². The maximum absolute atomic E-state index is 12.0. The molecule has 5 nitrogen and oxygen atoms in total. The Morgan fingerprint density at radius 1 is 1.59 bits per heavy atom. The minimum absolute atomic E-state index is 0.0226. The van der Waals surface area contributed by atoms with E-state index in [1.807, 2.05) is 0 Å². The summed E-state index contributed by atoms with van der Waals surface area (Å²) in [5.41, 5.74) is -0.441. The Balaban J connectivity index is 2.62. The van der Waals surface area contributed by atoms with Crippen LogP contribution in [0.4, 0.5) is 0 Å². The minimum atomic E-state index is -1.08. The fourth-order valence-corrected chi connectivity index (χ4v) is 2.06. The topological polar surface area (TPSA) is 75.6 Å². The molecule has 17 heavy (non-hydrogen) atoms. The highest BCUT2D eigenvalue weighted by atomic mass is 16.5. The monoisotopic (exact) mass is 241 g/mol. The van der Waals surface area contributed by atoms with E-state index in [1.54, 1.807) is 6.08 Å². The molecule has 0 bridgehead atoms. The van der Waals surface area contributed by atoms with Gasteiger partial charge >= 0.3 is 5.97 Å². The quantitative estimate of drug-likeness (QED) is 0.651. The molecule has 1 rings (SSSR count). The van der Waals surface area contributed by atoms with Crippen LogP contribution in [0, 0.1) is 5.41 Å². The molecule has 0 aromatic rings. The summed E-state index contributed by atoms with van der Waals surface area (Å²) in [7, 11) is 1.41. The molecule has 0 aromatic carbocycles. The number of ether oxygens (including phenoxy) is 1. The van der Waals surface area contributed by atoms with Crippen LogP contribution in [0.5, 0.6) is 0 Å². The number of hydrogen-bond donors (Lipinski definition) is 2. The number of carboxylic acid groups (broad SMARTS) is 1. The van der Waals surface area contributed by atoms with E-state index < -0.39 is 17.4 Å². The molecule has 0 aromatic heterocycles. The first kappa shape index (κ1) is 13.7. The Labute approximate surface area is 101 Å². The van der Waals surface area contributed by atoms with Crippen LogP contribution in [0.25, 0.3) is 0 Å². The second-order valence-electron chi connectivity index (χ2n) is 4.45. The molecule has 1 fully saturated rings. The number of allylic oxidation sites excluding steroid dienone is 1. The lowest BCUT2D eigenvalue weighted by molar-refractivity contribution is -0.147. The number of rotatable bonds is 7. The predicted molar refractivity (Wildman–Crippen MR) is 62.5 cm³/mol. The van der Waals surface area contributed by atoms with E-state index in [2.05, 4.69) is 11.9 Å². The van der Waals surface area contributed by atoms with Crippen molar-refractivity contribution in [1.29, 1.82) is 0 Å². The average molecular weight is 241 g/mol. The van der Waals surface area contributed by atoms with Gasteiger partial charge in [0.25, 0.3) is 0 Å². The molecule has 0 saturated heterocycles. The second-order valence-corrected chi connectivity index (χ2v) is 4.45. The molecule has 2 N–H and O–H groups in total.